The third-order valence-electron chi connectivity index (χ3n) is 7.72. The SMILES string of the molecule is C=C1C[C@H]2C=Nc3cc(OCCCOc4cc5c(cc4OC)C(=O)N4CC(=C)C[C@H]4C=N5)c(C)cc3C(=O)N2C1. The van der Waals surface area contributed by atoms with Crippen molar-refractivity contribution < 1.29 is 23.8 Å². The molecule has 0 bridgehead atoms. The van der Waals surface area contributed by atoms with E-state index in [9.17, 15) is 9.59 Å². The van der Waals surface area contributed by atoms with Gasteiger partial charge in [-0.05, 0) is 37.5 Å². The largest absolute Gasteiger partial charge is 0.493 e. The van der Waals surface area contributed by atoms with Crippen molar-refractivity contribution in [3.8, 4) is 17.2 Å². The molecule has 0 spiro atoms. The predicted octanol–water partition coefficient (Wildman–Crippen LogP) is 4.82. The number of ether oxygens (including phenoxy) is 3. The second kappa shape index (κ2) is 10.3. The van der Waals surface area contributed by atoms with E-state index in [1.807, 2.05) is 36.4 Å². The molecule has 0 unspecified atom stereocenters. The van der Waals surface area contributed by atoms with Gasteiger partial charge >= 0.3 is 0 Å². The maximum Gasteiger partial charge on any atom is 0.257 e. The van der Waals surface area contributed by atoms with Crippen LogP contribution in [0.15, 0.2) is 58.6 Å². The number of fused-ring (bicyclic) bond motifs is 4. The Morgan fingerprint density at radius 1 is 0.800 bits per heavy atom. The van der Waals surface area contributed by atoms with Gasteiger partial charge in [-0.3, -0.25) is 19.6 Å². The fraction of sp³-hybridized carbons (Fsp3) is 0.355. The van der Waals surface area contributed by atoms with Gasteiger partial charge < -0.3 is 24.0 Å². The highest BCUT2D eigenvalue weighted by atomic mass is 16.5. The van der Waals surface area contributed by atoms with E-state index >= 15 is 0 Å². The number of carbonyl (C=O) groups is 2. The van der Waals surface area contributed by atoms with Gasteiger partial charge in [-0.2, -0.15) is 0 Å². The summed E-state index contributed by atoms with van der Waals surface area (Å²) in [5.41, 5.74) is 5.21. The quantitative estimate of drug-likeness (QED) is 0.371. The van der Waals surface area contributed by atoms with Crippen LogP contribution < -0.4 is 14.2 Å². The molecule has 4 heterocycles. The van der Waals surface area contributed by atoms with Crippen LogP contribution in [0.4, 0.5) is 11.4 Å². The van der Waals surface area contributed by atoms with Crippen LogP contribution in [0.3, 0.4) is 0 Å². The average Bonchev–Trinajstić information content (AvgIpc) is 3.45. The summed E-state index contributed by atoms with van der Waals surface area (Å²) in [7, 11) is 1.55. The van der Waals surface area contributed by atoms with Gasteiger partial charge in [-0.25, -0.2) is 0 Å². The highest BCUT2D eigenvalue weighted by Crippen LogP contribution is 2.39. The number of carbonyl (C=O) groups excluding carboxylic acids is 2. The molecule has 206 valence electrons. The summed E-state index contributed by atoms with van der Waals surface area (Å²) < 4.78 is 17.6. The summed E-state index contributed by atoms with van der Waals surface area (Å²) in [6.07, 6.45) is 5.73. The zero-order valence-corrected chi connectivity index (χ0v) is 22.8. The van der Waals surface area contributed by atoms with Crippen LogP contribution in [0.2, 0.25) is 0 Å². The molecule has 2 amide bonds. The average molecular weight is 541 g/mol. The molecule has 2 aromatic rings. The summed E-state index contributed by atoms with van der Waals surface area (Å²) >= 11 is 0. The molecule has 6 rings (SSSR count). The Kier molecular flexibility index (Phi) is 6.65. The van der Waals surface area contributed by atoms with E-state index in [1.165, 1.54) is 0 Å². The molecule has 4 aliphatic heterocycles. The minimum atomic E-state index is -0.0811. The van der Waals surface area contributed by atoms with Gasteiger partial charge in [0.25, 0.3) is 11.8 Å². The molecule has 9 nitrogen and oxygen atoms in total. The fourth-order valence-electron chi connectivity index (χ4n) is 5.64. The Morgan fingerprint density at radius 3 is 1.90 bits per heavy atom. The van der Waals surface area contributed by atoms with Crippen LogP contribution in [0, 0.1) is 6.92 Å². The number of benzene rings is 2. The molecule has 0 aromatic heterocycles. The molecule has 0 radical (unpaired) electrons. The third kappa shape index (κ3) is 4.65. The molecule has 2 atom stereocenters. The van der Waals surface area contributed by atoms with Crippen molar-refractivity contribution in [2.45, 2.75) is 38.3 Å². The van der Waals surface area contributed by atoms with E-state index in [1.54, 1.807) is 24.1 Å². The number of aryl methyl sites for hydroxylation is 1. The normalized spacial score (nSPS) is 21.1. The molecule has 0 aliphatic carbocycles. The van der Waals surface area contributed by atoms with Gasteiger partial charge in [0, 0.05) is 44.1 Å². The van der Waals surface area contributed by atoms with E-state index in [0.717, 1.165) is 29.6 Å². The van der Waals surface area contributed by atoms with Crippen LogP contribution >= 0.6 is 0 Å². The van der Waals surface area contributed by atoms with E-state index in [4.69, 9.17) is 14.2 Å². The van der Waals surface area contributed by atoms with Gasteiger partial charge in [0.05, 0.1) is 54.9 Å². The number of aliphatic imine (C=N–C) groups is 2. The Balaban J connectivity index is 1.09. The van der Waals surface area contributed by atoms with Crippen molar-refractivity contribution in [1.29, 1.82) is 0 Å². The highest BCUT2D eigenvalue weighted by molar-refractivity contribution is 6.04. The summed E-state index contributed by atoms with van der Waals surface area (Å²) in [6, 6.07) is 7.03. The van der Waals surface area contributed by atoms with Gasteiger partial charge in [0.1, 0.15) is 5.75 Å². The van der Waals surface area contributed by atoms with Gasteiger partial charge in [-0.1, -0.05) is 24.3 Å². The standard InChI is InChI=1S/C31H32N4O5/c1-18-8-21-14-32-25-12-27(20(3)10-23(25)30(36)34(21)16-18)39-6-5-7-40-29-13-26-24(11-28(29)38-4)31(37)35-17-19(2)9-22(35)15-33-26/h10-15,21-22H,1-2,5-9,16-17H2,3-4H3/t21-,22-/m0/s1. The monoisotopic (exact) mass is 540 g/mol. The Morgan fingerprint density at radius 2 is 1.32 bits per heavy atom. The first-order chi connectivity index (χ1) is 19.3. The first-order valence-corrected chi connectivity index (χ1v) is 13.5. The first kappa shape index (κ1) is 25.9. The van der Waals surface area contributed by atoms with Gasteiger partial charge in [-0.15, -0.1) is 0 Å². The maximum absolute atomic E-state index is 13.2. The molecule has 2 aromatic carbocycles. The Labute approximate surface area is 233 Å². The summed E-state index contributed by atoms with van der Waals surface area (Å²) in [4.78, 5) is 39.1. The van der Waals surface area contributed by atoms with Crippen LogP contribution in [0.25, 0.3) is 0 Å². The van der Waals surface area contributed by atoms with E-state index in [0.29, 0.717) is 72.5 Å². The van der Waals surface area contributed by atoms with E-state index in [-0.39, 0.29) is 23.9 Å². The van der Waals surface area contributed by atoms with Crippen LogP contribution in [-0.4, -0.2) is 79.5 Å². The minimum Gasteiger partial charge on any atom is -0.493 e. The molecule has 2 saturated heterocycles. The van der Waals surface area contributed by atoms with Gasteiger partial charge in [0.2, 0.25) is 0 Å². The molecular formula is C31H32N4O5. The highest BCUT2D eigenvalue weighted by Gasteiger charge is 2.35. The maximum atomic E-state index is 13.2. The zero-order valence-electron chi connectivity index (χ0n) is 22.8. The number of hydrogen-bond donors (Lipinski definition) is 0. The van der Waals surface area contributed by atoms with Crippen molar-refractivity contribution in [2.24, 2.45) is 9.98 Å². The molecular weight excluding hydrogens is 508 g/mol. The lowest BCUT2D eigenvalue weighted by Gasteiger charge is -2.20. The van der Waals surface area contributed by atoms with Crippen molar-refractivity contribution in [1.82, 2.24) is 9.80 Å². The topological polar surface area (TPSA) is 93.0 Å². The van der Waals surface area contributed by atoms with Crippen LogP contribution in [0.1, 0.15) is 45.5 Å². The lowest BCUT2D eigenvalue weighted by atomic mass is 10.1. The second-order valence-electron chi connectivity index (χ2n) is 10.7. The lowest BCUT2D eigenvalue weighted by molar-refractivity contribution is 0.0770. The molecule has 2 fully saturated rings. The third-order valence-corrected chi connectivity index (χ3v) is 7.72. The molecule has 40 heavy (non-hydrogen) atoms. The van der Waals surface area contributed by atoms with Crippen molar-refractivity contribution in [2.75, 3.05) is 33.4 Å². The number of methoxy groups -OCH3 is 1. The Bertz CT molecular complexity index is 1490. The van der Waals surface area contributed by atoms with Crippen molar-refractivity contribution >= 4 is 35.6 Å². The lowest BCUT2D eigenvalue weighted by Crippen LogP contribution is -2.35. The van der Waals surface area contributed by atoms with Crippen LogP contribution in [0.5, 0.6) is 17.2 Å². The fourth-order valence-corrected chi connectivity index (χ4v) is 5.64. The summed E-state index contributed by atoms with van der Waals surface area (Å²) in [5, 5.41) is 0. The van der Waals surface area contributed by atoms with E-state index < -0.39 is 0 Å². The second-order valence-corrected chi connectivity index (χ2v) is 10.7. The number of amides is 2. The van der Waals surface area contributed by atoms with Gasteiger partial charge in [0.15, 0.2) is 11.5 Å². The molecule has 0 N–H and O–H groups in total. The molecule has 4 aliphatic rings. The summed E-state index contributed by atoms with van der Waals surface area (Å²) in [5.74, 6) is 1.59. The number of hydrogen-bond acceptors (Lipinski definition) is 7. The first-order valence-electron chi connectivity index (χ1n) is 13.5. The number of nitrogens with zero attached hydrogens (tertiary/aromatic N) is 4. The zero-order chi connectivity index (χ0) is 28.0. The van der Waals surface area contributed by atoms with E-state index in [2.05, 4.69) is 23.1 Å². The minimum absolute atomic E-state index is 0.0224. The van der Waals surface area contributed by atoms with Crippen LogP contribution in [-0.2, 0) is 0 Å². The predicted molar refractivity (Wildman–Crippen MR) is 153 cm³/mol. The summed E-state index contributed by atoms with van der Waals surface area (Å²) in [6.45, 7) is 11.9. The molecule has 0 saturated carbocycles. The van der Waals surface area contributed by atoms with Crippen molar-refractivity contribution in [3.63, 3.8) is 0 Å². The smallest absolute Gasteiger partial charge is 0.257 e. The number of rotatable bonds is 7. The van der Waals surface area contributed by atoms with Crippen molar-refractivity contribution in [3.05, 3.63) is 65.3 Å². The molecule has 9 heteroatoms. The Hall–Kier alpha value is -4.40.